The van der Waals surface area contributed by atoms with Crippen molar-refractivity contribution in [3.05, 3.63) is 0 Å². The van der Waals surface area contributed by atoms with Gasteiger partial charge in [-0.05, 0) is 58.5 Å². The minimum absolute atomic E-state index is 0.0571. The topological polar surface area (TPSA) is 41.6 Å². The van der Waals surface area contributed by atoms with Crippen molar-refractivity contribution in [1.29, 1.82) is 0 Å². The zero-order valence-corrected chi connectivity index (χ0v) is 11.7. The van der Waals surface area contributed by atoms with Gasteiger partial charge in [-0.25, -0.2) is 0 Å². The molecule has 0 radical (unpaired) electrons. The van der Waals surface area contributed by atoms with Crippen LogP contribution in [0.4, 0.5) is 0 Å². The SMILES string of the molecule is CCOC(=O)C(C)N(CC1CCNCC1)C1CC1. The third kappa shape index (κ3) is 3.69. The van der Waals surface area contributed by atoms with Crippen molar-refractivity contribution >= 4 is 5.97 Å². The maximum Gasteiger partial charge on any atom is 0.323 e. The molecule has 4 heteroatoms. The molecule has 1 saturated heterocycles. The second-order valence-corrected chi connectivity index (χ2v) is 5.55. The minimum atomic E-state index is -0.0765. The Balaban J connectivity index is 1.88. The Labute approximate surface area is 110 Å². The van der Waals surface area contributed by atoms with Gasteiger partial charge in [0.1, 0.15) is 6.04 Å². The number of piperidine rings is 1. The second kappa shape index (κ2) is 6.53. The van der Waals surface area contributed by atoms with E-state index >= 15 is 0 Å². The Morgan fingerprint density at radius 2 is 2.00 bits per heavy atom. The predicted octanol–water partition coefficient (Wildman–Crippen LogP) is 1.40. The number of hydrogen-bond acceptors (Lipinski definition) is 4. The van der Waals surface area contributed by atoms with E-state index in [9.17, 15) is 4.79 Å². The molecule has 0 aromatic carbocycles. The van der Waals surface area contributed by atoms with E-state index in [4.69, 9.17) is 4.74 Å². The first-order valence-electron chi connectivity index (χ1n) is 7.35. The molecule has 1 heterocycles. The first-order valence-corrected chi connectivity index (χ1v) is 7.35. The number of ether oxygens (including phenoxy) is 1. The van der Waals surface area contributed by atoms with Crippen LogP contribution in [-0.4, -0.2) is 49.2 Å². The summed E-state index contributed by atoms with van der Waals surface area (Å²) in [6.07, 6.45) is 4.96. The second-order valence-electron chi connectivity index (χ2n) is 5.55. The molecule has 0 spiro atoms. The number of esters is 1. The third-order valence-corrected chi connectivity index (χ3v) is 4.07. The molecular weight excluding hydrogens is 228 g/mol. The Morgan fingerprint density at radius 3 is 2.56 bits per heavy atom. The van der Waals surface area contributed by atoms with E-state index in [0.717, 1.165) is 25.6 Å². The Bertz CT molecular complexity index is 273. The zero-order valence-electron chi connectivity index (χ0n) is 11.7. The van der Waals surface area contributed by atoms with E-state index in [1.165, 1.54) is 25.7 Å². The summed E-state index contributed by atoms with van der Waals surface area (Å²) in [5.74, 6) is 0.682. The van der Waals surface area contributed by atoms with Crippen LogP contribution in [0.1, 0.15) is 39.5 Å². The molecule has 1 saturated carbocycles. The molecule has 1 N–H and O–H groups in total. The summed E-state index contributed by atoms with van der Waals surface area (Å²) in [5.41, 5.74) is 0. The van der Waals surface area contributed by atoms with Crippen molar-refractivity contribution in [3.8, 4) is 0 Å². The monoisotopic (exact) mass is 254 g/mol. The third-order valence-electron chi connectivity index (χ3n) is 4.07. The molecule has 0 amide bonds. The first kappa shape index (κ1) is 13.8. The van der Waals surface area contributed by atoms with Gasteiger partial charge < -0.3 is 10.1 Å². The van der Waals surface area contributed by atoms with Gasteiger partial charge in [-0.3, -0.25) is 9.69 Å². The summed E-state index contributed by atoms with van der Waals surface area (Å²) in [7, 11) is 0. The fourth-order valence-electron chi connectivity index (χ4n) is 2.79. The maximum atomic E-state index is 11.9. The van der Waals surface area contributed by atoms with Crippen LogP contribution in [-0.2, 0) is 9.53 Å². The number of hydrogen-bond donors (Lipinski definition) is 1. The molecular formula is C14H26N2O2. The lowest BCUT2D eigenvalue weighted by Crippen LogP contribution is -2.45. The van der Waals surface area contributed by atoms with Crippen molar-refractivity contribution in [2.75, 3.05) is 26.2 Å². The fourth-order valence-corrected chi connectivity index (χ4v) is 2.79. The van der Waals surface area contributed by atoms with Gasteiger partial charge in [-0.15, -0.1) is 0 Å². The molecule has 1 unspecified atom stereocenters. The molecule has 1 aliphatic heterocycles. The molecule has 2 rings (SSSR count). The van der Waals surface area contributed by atoms with E-state index in [1.807, 2.05) is 13.8 Å². The van der Waals surface area contributed by atoms with Gasteiger partial charge in [0.2, 0.25) is 0 Å². The van der Waals surface area contributed by atoms with Crippen LogP contribution in [0, 0.1) is 5.92 Å². The van der Waals surface area contributed by atoms with Crippen LogP contribution < -0.4 is 5.32 Å². The van der Waals surface area contributed by atoms with Crippen molar-refractivity contribution < 1.29 is 9.53 Å². The summed E-state index contributed by atoms with van der Waals surface area (Å²) in [4.78, 5) is 14.3. The van der Waals surface area contributed by atoms with Crippen LogP contribution in [0.2, 0.25) is 0 Å². The number of nitrogens with zero attached hydrogens (tertiary/aromatic N) is 1. The highest BCUT2D eigenvalue weighted by molar-refractivity contribution is 5.75. The van der Waals surface area contributed by atoms with E-state index in [0.29, 0.717) is 12.6 Å². The lowest BCUT2D eigenvalue weighted by atomic mass is 9.97. The van der Waals surface area contributed by atoms with Gasteiger partial charge in [0.05, 0.1) is 6.61 Å². The summed E-state index contributed by atoms with van der Waals surface area (Å²) < 4.78 is 5.16. The van der Waals surface area contributed by atoms with Crippen molar-refractivity contribution in [3.63, 3.8) is 0 Å². The average molecular weight is 254 g/mol. The molecule has 1 atom stereocenters. The summed E-state index contributed by atoms with van der Waals surface area (Å²) >= 11 is 0. The Hall–Kier alpha value is -0.610. The van der Waals surface area contributed by atoms with Crippen molar-refractivity contribution in [2.24, 2.45) is 5.92 Å². The molecule has 0 bridgehead atoms. The van der Waals surface area contributed by atoms with Gasteiger partial charge in [0.25, 0.3) is 0 Å². The molecule has 2 aliphatic rings. The van der Waals surface area contributed by atoms with E-state index in [1.54, 1.807) is 0 Å². The molecule has 18 heavy (non-hydrogen) atoms. The fraction of sp³-hybridized carbons (Fsp3) is 0.929. The van der Waals surface area contributed by atoms with Gasteiger partial charge in [-0.1, -0.05) is 0 Å². The molecule has 104 valence electrons. The Morgan fingerprint density at radius 1 is 1.33 bits per heavy atom. The lowest BCUT2D eigenvalue weighted by Gasteiger charge is -2.33. The number of rotatable bonds is 6. The molecule has 4 nitrogen and oxygen atoms in total. The van der Waals surface area contributed by atoms with Crippen LogP contribution in [0.25, 0.3) is 0 Å². The molecule has 0 aromatic heterocycles. The van der Waals surface area contributed by atoms with Crippen LogP contribution in [0.15, 0.2) is 0 Å². The van der Waals surface area contributed by atoms with Crippen LogP contribution in [0.3, 0.4) is 0 Å². The average Bonchev–Trinajstić information content (AvgIpc) is 3.21. The van der Waals surface area contributed by atoms with Crippen LogP contribution >= 0.6 is 0 Å². The van der Waals surface area contributed by atoms with Crippen molar-refractivity contribution in [2.45, 2.75) is 51.6 Å². The highest BCUT2D eigenvalue weighted by Gasteiger charge is 2.36. The molecule has 1 aliphatic carbocycles. The Kier molecular flexibility index (Phi) is 5.01. The van der Waals surface area contributed by atoms with Crippen LogP contribution in [0.5, 0.6) is 0 Å². The largest absolute Gasteiger partial charge is 0.465 e. The van der Waals surface area contributed by atoms with Gasteiger partial charge in [0, 0.05) is 12.6 Å². The molecule has 0 aromatic rings. The summed E-state index contributed by atoms with van der Waals surface area (Å²) in [6.45, 7) is 7.66. The quantitative estimate of drug-likeness (QED) is 0.728. The van der Waals surface area contributed by atoms with Gasteiger partial charge >= 0.3 is 5.97 Å². The summed E-state index contributed by atoms with van der Waals surface area (Å²) in [5, 5.41) is 3.39. The van der Waals surface area contributed by atoms with E-state index in [2.05, 4.69) is 10.2 Å². The predicted molar refractivity (Wildman–Crippen MR) is 71.4 cm³/mol. The van der Waals surface area contributed by atoms with E-state index < -0.39 is 0 Å². The normalized spacial score (nSPS) is 23.1. The zero-order chi connectivity index (χ0) is 13.0. The van der Waals surface area contributed by atoms with Gasteiger partial charge in [-0.2, -0.15) is 0 Å². The highest BCUT2D eigenvalue weighted by atomic mass is 16.5. The number of carbonyl (C=O) groups excluding carboxylic acids is 1. The number of nitrogens with one attached hydrogen (secondary N) is 1. The first-order chi connectivity index (χ1) is 8.72. The minimum Gasteiger partial charge on any atom is -0.465 e. The smallest absolute Gasteiger partial charge is 0.323 e. The number of carbonyl (C=O) groups is 1. The van der Waals surface area contributed by atoms with Crippen molar-refractivity contribution in [1.82, 2.24) is 10.2 Å². The highest BCUT2D eigenvalue weighted by Crippen LogP contribution is 2.31. The van der Waals surface area contributed by atoms with E-state index in [-0.39, 0.29) is 12.0 Å². The molecule has 2 fully saturated rings. The van der Waals surface area contributed by atoms with Gasteiger partial charge in [0.15, 0.2) is 0 Å². The lowest BCUT2D eigenvalue weighted by molar-refractivity contribution is -0.149. The standard InChI is InChI=1S/C14H26N2O2/c1-3-18-14(17)11(2)16(13-4-5-13)10-12-6-8-15-9-7-12/h11-13,15H,3-10H2,1-2H3. The summed E-state index contributed by atoms with van der Waals surface area (Å²) in [6, 6.07) is 0.548. The maximum absolute atomic E-state index is 11.9.